The molecule has 0 aliphatic rings. The number of rotatable bonds is 4. The molecule has 3 N–H and O–H groups in total. The lowest BCUT2D eigenvalue weighted by molar-refractivity contribution is -0.123. The van der Waals surface area contributed by atoms with Crippen LogP contribution in [0.15, 0.2) is 42.5 Å². The zero-order chi connectivity index (χ0) is 18.6. The second kappa shape index (κ2) is 7.57. The van der Waals surface area contributed by atoms with Crippen molar-refractivity contribution in [2.45, 2.75) is 27.3 Å². The molecule has 2 rings (SSSR count). The van der Waals surface area contributed by atoms with Crippen LogP contribution in [0.3, 0.4) is 0 Å². The van der Waals surface area contributed by atoms with E-state index in [2.05, 4.69) is 10.6 Å². The number of hydrogen-bond acceptors (Lipinski definition) is 3. The number of amides is 2. The Morgan fingerprint density at radius 2 is 1.84 bits per heavy atom. The van der Waals surface area contributed by atoms with Crippen molar-refractivity contribution in [2.24, 2.45) is 5.41 Å². The zero-order valence-corrected chi connectivity index (χ0v) is 15.1. The van der Waals surface area contributed by atoms with Gasteiger partial charge in [0.15, 0.2) is 0 Å². The van der Waals surface area contributed by atoms with Crippen molar-refractivity contribution in [2.75, 3.05) is 5.32 Å². The summed E-state index contributed by atoms with van der Waals surface area (Å²) in [7, 11) is 0. The summed E-state index contributed by atoms with van der Waals surface area (Å²) in [5, 5.41) is 15.8. The molecule has 6 heteroatoms. The molecule has 132 valence electrons. The number of halogens is 1. The van der Waals surface area contributed by atoms with E-state index in [-0.39, 0.29) is 24.1 Å². The first-order valence-corrected chi connectivity index (χ1v) is 8.22. The molecule has 0 bridgehead atoms. The third-order valence-electron chi connectivity index (χ3n) is 3.54. The van der Waals surface area contributed by atoms with Gasteiger partial charge in [-0.3, -0.25) is 9.59 Å². The van der Waals surface area contributed by atoms with E-state index in [0.29, 0.717) is 21.8 Å². The molecule has 0 unspecified atom stereocenters. The number of phenolic OH excluding ortho intramolecular Hbond substituents is 1. The molecular weight excluding hydrogens is 340 g/mol. The average Bonchev–Trinajstić information content (AvgIpc) is 2.54. The third kappa shape index (κ3) is 5.22. The summed E-state index contributed by atoms with van der Waals surface area (Å²) in [5.74, 6) is -0.379. The molecular formula is C19H21ClN2O3. The van der Waals surface area contributed by atoms with E-state index in [9.17, 15) is 14.7 Å². The molecule has 0 saturated heterocycles. The third-order valence-corrected chi connectivity index (χ3v) is 3.78. The van der Waals surface area contributed by atoms with Gasteiger partial charge in [-0.05, 0) is 36.4 Å². The van der Waals surface area contributed by atoms with Crippen LogP contribution < -0.4 is 10.6 Å². The fourth-order valence-corrected chi connectivity index (χ4v) is 2.22. The number of nitrogens with one attached hydrogen (secondary N) is 2. The first-order chi connectivity index (χ1) is 11.7. The number of anilines is 1. The van der Waals surface area contributed by atoms with Gasteiger partial charge in [-0.15, -0.1) is 0 Å². The second-order valence-corrected chi connectivity index (χ2v) is 7.18. The summed E-state index contributed by atoms with van der Waals surface area (Å²) in [5.41, 5.74) is 0.965. The Morgan fingerprint density at radius 1 is 1.12 bits per heavy atom. The molecule has 0 spiro atoms. The van der Waals surface area contributed by atoms with Crippen molar-refractivity contribution in [3.8, 4) is 5.75 Å². The van der Waals surface area contributed by atoms with Gasteiger partial charge < -0.3 is 15.7 Å². The average molecular weight is 361 g/mol. The van der Waals surface area contributed by atoms with Crippen molar-refractivity contribution >= 4 is 29.1 Å². The number of benzene rings is 2. The Hall–Kier alpha value is -2.53. The minimum absolute atomic E-state index is 0.0656. The van der Waals surface area contributed by atoms with Gasteiger partial charge in [0.05, 0.1) is 0 Å². The Bertz CT molecular complexity index is 797. The molecule has 0 aliphatic heterocycles. The quantitative estimate of drug-likeness (QED) is 0.772. The van der Waals surface area contributed by atoms with Crippen LogP contribution in [-0.2, 0) is 11.3 Å². The Morgan fingerprint density at radius 3 is 2.52 bits per heavy atom. The van der Waals surface area contributed by atoms with Crippen LogP contribution in [0.1, 0.15) is 36.7 Å². The molecule has 0 atom stereocenters. The van der Waals surface area contributed by atoms with E-state index < -0.39 is 5.41 Å². The van der Waals surface area contributed by atoms with Gasteiger partial charge in [0, 0.05) is 33.8 Å². The van der Waals surface area contributed by atoms with Crippen molar-refractivity contribution in [3.63, 3.8) is 0 Å². The molecule has 0 heterocycles. The SMILES string of the molecule is CC(C)(C)C(=O)Nc1cccc(C(=O)NCc2cc(Cl)ccc2O)c1. The highest BCUT2D eigenvalue weighted by Gasteiger charge is 2.21. The Labute approximate surface area is 152 Å². The van der Waals surface area contributed by atoms with Crippen molar-refractivity contribution < 1.29 is 14.7 Å². The summed E-state index contributed by atoms with van der Waals surface area (Å²) in [6, 6.07) is 11.3. The van der Waals surface area contributed by atoms with E-state index in [4.69, 9.17) is 11.6 Å². The predicted octanol–water partition coefficient (Wildman–Crippen LogP) is 3.96. The maximum absolute atomic E-state index is 12.3. The van der Waals surface area contributed by atoms with E-state index in [1.54, 1.807) is 36.4 Å². The van der Waals surface area contributed by atoms with Gasteiger partial charge in [-0.25, -0.2) is 0 Å². The lowest BCUT2D eigenvalue weighted by Gasteiger charge is -2.18. The monoisotopic (exact) mass is 360 g/mol. The maximum atomic E-state index is 12.3. The van der Waals surface area contributed by atoms with E-state index in [1.165, 1.54) is 6.07 Å². The van der Waals surface area contributed by atoms with Crippen LogP contribution in [0.5, 0.6) is 5.75 Å². The largest absolute Gasteiger partial charge is 0.508 e. The van der Waals surface area contributed by atoms with Crippen LogP contribution in [0.25, 0.3) is 0 Å². The molecule has 25 heavy (non-hydrogen) atoms. The highest BCUT2D eigenvalue weighted by molar-refractivity contribution is 6.30. The fourth-order valence-electron chi connectivity index (χ4n) is 2.03. The molecule has 0 saturated carbocycles. The Kier molecular flexibility index (Phi) is 5.69. The maximum Gasteiger partial charge on any atom is 0.251 e. The van der Waals surface area contributed by atoms with Crippen molar-refractivity contribution in [1.29, 1.82) is 0 Å². The van der Waals surface area contributed by atoms with Crippen LogP contribution in [0, 0.1) is 5.41 Å². The van der Waals surface area contributed by atoms with Gasteiger partial charge in [0.2, 0.25) is 5.91 Å². The summed E-state index contributed by atoms with van der Waals surface area (Å²) >= 11 is 5.89. The molecule has 0 aromatic heterocycles. The summed E-state index contributed by atoms with van der Waals surface area (Å²) in [6.07, 6.45) is 0. The number of aromatic hydroxyl groups is 1. The van der Waals surface area contributed by atoms with Gasteiger partial charge in [-0.2, -0.15) is 0 Å². The van der Waals surface area contributed by atoms with E-state index >= 15 is 0 Å². The number of phenols is 1. The van der Waals surface area contributed by atoms with Crippen molar-refractivity contribution in [1.82, 2.24) is 5.32 Å². The van der Waals surface area contributed by atoms with Crippen molar-refractivity contribution in [3.05, 3.63) is 58.6 Å². The minimum atomic E-state index is -0.525. The lowest BCUT2D eigenvalue weighted by Crippen LogP contribution is -2.28. The smallest absolute Gasteiger partial charge is 0.251 e. The standard InChI is InChI=1S/C19H21ClN2O3/c1-19(2,3)18(25)22-15-6-4-5-12(10-15)17(24)21-11-13-9-14(20)7-8-16(13)23/h4-10,23H,11H2,1-3H3,(H,21,24)(H,22,25). The van der Waals surface area contributed by atoms with Gasteiger partial charge in [0.1, 0.15) is 5.75 Å². The lowest BCUT2D eigenvalue weighted by atomic mass is 9.95. The molecule has 5 nitrogen and oxygen atoms in total. The van der Waals surface area contributed by atoms with E-state index in [1.807, 2.05) is 20.8 Å². The number of carbonyl (C=O) groups is 2. The normalized spacial score (nSPS) is 11.0. The van der Waals surface area contributed by atoms with Crippen LogP contribution in [0.4, 0.5) is 5.69 Å². The van der Waals surface area contributed by atoms with Gasteiger partial charge in [-0.1, -0.05) is 38.4 Å². The first kappa shape index (κ1) is 18.8. The zero-order valence-electron chi connectivity index (χ0n) is 14.4. The molecule has 0 fully saturated rings. The van der Waals surface area contributed by atoms with Crippen LogP contribution in [-0.4, -0.2) is 16.9 Å². The van der Waals surface area contributed by atoms with Gasteiger partial charge >= 0.3 is 0 Å². The molecule has 2 aromatic carbocycles. The Balaban J connectivity index is 2.06. The fraction of sp³-hybridized carbons (Fsp3) is 0.263. The van der Waals surface area contributed by atoms with E-state index in [0.717, 1.165) is 0 Å². The van der Waals surface area contributed by atoms with Crippen LogP contribution in [0.2, 0.25) is 5.02 Å². The topological polar surface area (TPSA) is 78.4 Å². The highest BCUT2D eigenvalue weighted by atomic mass is 35.5. The second-order valence-electron chi connectivity index (χ2n) is 6.74. The van der Waals surface area contributed by atoms with Gasteiger partial charge in [0.25, 0.3) is 5.91 Å². The summed E-state index contributed by atoms with van der Waals surface area (Å²) < 4.78 is 0. The number of hydrogen-bond donors (Lipinski definition) is 3. The predicted molar refractivity (Wildman–Crippen MR) is 98.8 cm³/mol. The minimum Gasteiger partial charge on any atom is -0.508 e. The molecule has 2 amide bonds. The summed E-state index contributed by atoms with van der Waals surface area (Å²) in [4.78, 5) is 24.4. The summed E-state index contributed by atoms with van der Waals surface area (Å²) in [6.45, 7) is 5.59. The number of carbonyl (C=O) groups excluding carboxylic acids is 2. The molecule has 0 aliphatic carbocycles. The highest BCUT2D eigenvalue weighted by Crippen LogP contribution is 2.22. The molecule has 0 radical (unpaired) electrons. The molecule has 2 aromatic rings. The van der Waals surface area contributed by atoms with Crippen LogP contribution >= 0.6 is 11.6 Å². The first-order valence-electron chi connectivity index (χ1n) is 7.84.